The molecule has 0 aliphatic carbocycles. The summed E-state index contributed by atoms with van der Waals surface area (Å²) in [5.74, 6) is -2.41. The van der Waals surface area contributed by atoms with E-state index in [0.29, 0.717) is 21.8 Å². The molecular weight excluding hydrogens is 393 g/mol. The number of aliphatic hydroxyl groups excluding tert-OH is 1. The fraction of sp³-hybridized carbons (Fsp3) is 0.0435. The molecule has 144 valence electrons. The van der Waals surface area contributed by atoms with Crippen LogP contribution in [0.25, 0.3) is 5.76 Å². The summed E-state index contributed by atoms with van der Waals surface area (Å²) in [7, 11) is 0. The number of anilines is 1. The lowest BCUT2D eigenvalue weighted by Crippen LogP contribution is -2.29. The van der Waals surface area contributed by atoms with E-state index in [4.69, 9.17) is 11.6 Å². The van der Waals surface area contributed by atoms with Gasteiger partial charge in [-0.1, -0.05) is 60.1 Å². The largest absolute Gasteiger partial charge is 0.507 e. The maximum absolute atomic E-state index is 13.4. The Bertz CT molecular complexity index is 1130. The van der Waals surface area contributed by atoms with Crippen LogP contribution in [0.5, 0.6) is 0 Å². The summed E-state index contributed by atoms with van der Waals surface area (Å²) in [4.78, 5) is 27.1. The van der Waals surface area contributed by atoms with Gasteiger partial charge in [-0.2, -0.15) is 0 Å². The zero-order valence-electron chi connectivity index (χ0n) is 15.0. The van der Waals surface area contributed by atoms with Crippen LogP contribution >= 0.6 is 11.6 Å². The van der Waals surface area contributed by atoms with Crippen molar-refractivity contribution in [3.8, 4) is 0 Å². The van der Waals surface area contributed by atoms with E-state index in [1.807, 2.05) is 0 Å². The summed E-state index contributed by atoms with van der Waals surface area (Å²) in [5.41, 5.74) is 1.14. The SMILES string of the molecule is O=C1C(=O)N(c2ccc(F)cc2)[C@H](c2ccccc2Cl)C1=C(O)c1ccccc1. The highest BCUT2D eigenvalue weighted by Crippen LogP contribution is 2.44. The molecule has 3 aromatic carbocycles. The number of benzene rings is 3. The van der Waals surface area contributed by atoms with Gasteiger partial charge in [0, 0.05) is 16.3 Å². The second kappa shape index (κ2) is 7.53. The van der Waals surface area contributed by atoms with Crippen molar-refractivity contribution in [3.05, 3.63) is 106 Å². The van der Waals surface area contributed by atoms with Crippen molar-refractivity contribution in [3.63, 3.8) is 0 Å². The molecule has 0 bridgehead atoms. The van der Waals surface area contributed by atoms with E-state index in [1.54, 1.807) is 54.6 Å². The van der Waals surface area contributed by atoms with E-state index in [0.717, 1.165) is 0 Å². The third-order valence-electron chi connectivity index (χ3n) is 4.80. The van der Waals surface area contributed by atoms with Gasteiger partial charge in [0.2, 0.25) is 0 Å². The summed E-state index contributed by atoms with van der Waals surface area (Å²) in [6.07, 6.45) is 0. The average molecular weight is 408 g/mol. The van der Waals surface area contributed by atoms with E-state index in [1.165, 1.54) is 29.2 Å². The number of halogens is 2. The molecule has 1 N–H and O–H groups in total. The van der Waals surface area contributed by atoms with Gasteiger partial charge >= 0.3 is 0 Å². The molecule has 1 atom stereocenters. The van der Waals surface area contributed by atoms with Crippen molar-refractivity contribution in [2.45, 2.75) is 6.04 Å². The number of rotatable bonds is 3. The first-order valence-electron chi connectivity index (χ1n) is 8.85. The zero-order chi connectivity index (χ0) is 20.5. The number of Topliss-reactive ketones (excluding diaryl/α,β-unsaturated/α-hetero) is 1. The van der Waals surface area contributed by atoms with Gasteiger partial charge < -0.3 is 5.11 Å². The maximum atomic E-state index is 13.4. The molecule has 6 heteroatoms. The smallest absolute Gasteiger partial charge is 0.300 e. The second-order valence-electron chi connectivity index (χ2n) is 6.53. The maximum Gasteiger partial charge on any atom is 0.300 e. The third kappa shape index (κ3) is 3.30. The normalized spacial score (nSPS) is 18.3. The molecule has 1 heterocycles. The Labute approximate surface area is 171 Å². The quantitative estimate of drug-likeness (QED) is 0.373. The van der Waals surface area contributed by atoms with Crippen molar-refractivity contribution in [1.82, 2.24) is 0 Å². The molecule has 1 amide bonds. The Balaban J connectivity index is 1.97. The predicted molar refractivity (Wildman–Crippen MR) is 109 cm³/mol. The highest BCUT2D eigenvalue weighted by Gasteiger charge is 2.47. The summed E-state index contributed by atoms with van der Waals surface area (Å²) < 4.78 is 13.4. The van der Waals surface area contributed by atoms with Crippen molar-refractivity contribution < 1.29 is 19.1 Å². The van der Waals surface area contributed by atoms with Crippen molar-refractivity contribution in [2.75, 3.05) is 4.90 Å². The fourth-order valence-corrected chi connectivity index (χ4v) is 3.68. The minimum absolute atomic E-state index is 0.0707. The molecule has 29 heavy (non-hydrogen) atoms. The summed E-state index contributed by atoms with van der Waals surface area (Å²) in [6.45, 7) is 0. The minimum Gasteiger partial charge on any atom is -0.507 e. The van der Waals surface area contributed by atoms with Gasteiger partial charge in [0.15, 0.2) is 0 Å². The lowest BCUT2D eigenvalue weighted by atomic mass is 9.95. The van der Waals surface area contributed by atoms with Gasteiger partial charge in [0.25, 0.3) is 11.7 Å². The van der Waals surface area contributed by atoms with Gasteiger partial charge in [0.05, 0.1) is 11.6 Å². The molecule has 0 unspecified atom stereocenters. The van der Waals surface area contributed by atoms with E-state index in [2.05, 4.69) is 0 Å². The van der Waals surface area contributed by atoms with E-state index < -0.39 is 23.5 Å². The number of carbonyl (C=O) groups is 2. The van der Waals surface area contributed by atoms with Gasteiger partial charge in [-0.25, -0.2) is 4.39 Å². The molecule has 0 saturated carbocycles. The first-order chi connectivity index (χ1) is 14.0. The van der Waals surface area contributed by atoms with Crippen LogP contribution in [0.1, 0.15) is 17.2 Å². The Morgan fingerprint density at radius 2 is 1.52 bits per heavy atom. The predicted octanol–water partition coefficient (Wildman–Crippen LogP) is 5.11. The average Bonchev–Trinajstić information content (AvgIpc) is 3.00. The monoisotopic (exact) mass is 407 g/mol. The fourth-order valence-electron chi connectivity index (χ4n) is 3.44. The number of carbonyl (C=O) groups excluding carboxylic acids is 2. The number of hydrogen-bond acceptors (Lipinski definition) is 3. The molecule has 1 fully saturated rings. The van der Waals surface area contributed by atoms with Gasteiger partial charge in [0.1, 0.15) is 11.6 Å². The van der Waals surface area contributed by atoms with E-state index in [-0.39, 0.29) is 11.3 Å². The highest BCUT2D eigenvalue weighted by atomic mass is 35.5. The number of nitrogens with zero attached hydrogens (tertiary/aromatic N) is 1. The number of hydrogen-bond donors (Lipinski definition) is 1. The van der Waals surface area contributed by atoms with Crippen molar-refractivity contribution >= 4 is 34.7 Å². The molecule has 1 aliphatic rings. The molecule has 4 nitrogen and oxygen atoms in total. The Kier molecular flexibility index (Phi) is 4.91. The van der Waals surface area contributed by atoms with Crippen molar-refractivity contribution in [1.29, 1.82) is 0 Å². The van der Waals surface area contributed by atoms with E-state index >= 15 is 0 Å². The van der Waals surface area contributed by atoms with Crippen molar-refractivity contribution in [2.24, 2.45) is 0 Å². The molecule has 0 radical (unpaired) electrons. The molecule has 1 saturated heterocycles. The molecule has 4 rings (SSSR count). The highest BCUT2D eigenvalue weighted by molar-refractivity contribution is 6.52. The van der Waals surface area contributed by atoms with E-state index in [9.17, 15) is 19.1 Å². The van der Waals surface area contributed by atoms with Crippen LogP contribution in [0.3, 0.4) is 0 Å². The minimum atomic E-state index is -0.950. The number of aliphatic hydroxyl groups is 1. The summed E-state index contributed by atoms with van der Waals surface area (Å²) >= 11 is 6.38. The third-order valence-corrected chi connectivity index (χ3v) is 5.14. The summed E-state index contributed by atoms with van der Waals surface area (Å²) in [6, 6.07) is 19.6. The van der Waals surface area contributed by atoms with Gasteiger partial charge in [-0.3, -0.25) is 14.5 Å². The lowest BCUT2D eigenvalue weighted by Gasteiger charge is -2.26. The van der Waals surface area contributed by atoms with Gasteiger partial charge in [-0.05, 0) is 35.9 Å². The van der Waals surface area contributed by atoms with Gasteiger partial charge in [-0.15, -0.1) is 0 Å². The Hall–Kier alpha value is -3.44. The van der Waals surface area contributed by atoms with Crippen LogP contribution < -0.4 is 4.90 Å². The molecule has 3 aromatic rings. The van der Waals surface area contributed by atoms with Crippen LogP contribution in [0.2, 0.25) is 5.02 Å². The second-order valence-corrected chi connectivity index (χ2v) is 6.94. The Morgan fingerprint density at radius 1 is 0.897 bits per heavy atom. The molecule has 0 aromatic heterocycles. The topological polar surface area (TPSA) is 57.6 Å². The molecular formula is C23H15ClFNO3. The zero-order valence-corrected chi connectivity index (χ0v) is 15.8. The van der Waals surface area contributed by atoms with Crippen LogP contribution in [0, 0.1) is 5.82 Å². The number of ketones is 1. The first-order valence-corrected chi connectivity index (χ1v) is 9.23. The first kappa shape index (κ1) is 18.9. The van der Waals surface area contributed by atoms with Crippen LogP contribution in [0.4, 0.5) is 10.1 Å². The lowest BCUT2D eigenvalue weighted by molar-refractivity contribution is -0.132. The van der Waals surface area contributed by atoms with Crippen LogP contribution in [-0.2, 0) is 9.59 Å². The molecule has 0 spiro atoms. The Morgan fingerprint density at radius 3 is 2.17 bits per heavy atom. The summed E-state index contributed by atoms with van der Waals surface area (Å²) in [5, 5.41) is 11.3. The standard InChI is InChI=1S/C23H15ClFNO3/c24-18-9-5-4-8-17(18)20-19(21(27)14-6-2-1-3-7-14)22(28)23(29)26(20)16-12-10-15(25)11-13-16/h1-13,20,27H/t20-/m1/s1. The van der Waals surface area contributed by atoms with Crippen LogP contribution in [0.15, 0.2) is 84.4 Å². The number of amides is 1. The van der Waals surface area contributed by atoms with Crippen LogP contribution in [-0.4, -0.2) is 16.8 Å². The molecule has 1 aliphatic heterocycles.